The van der Waals surface area contributed by atoms with Crippen molar-refractivity contribution in [3.05, 3.63) is 0 Å². The lowest BCUT2D eigenvalue weighted by Crippen LogP contribution is -2.47. The van der Waals surface area contributed by atoms with Gasteiger partial charge in [0, 0.05) is 19.7 Å². The molecule has 1 aliphatic carbocycles. The maximum absolute atomic E-state index is 11.6. The van der Waals surface area contributed by atoms with E-state index in [4.69, 9.17) is 4.74 Å². The summed E-state index contributed by atoms with van der Waals surface area (Å²) in [5.74, 6) is 0.590. The van der Waals surface area contributed by atoms with Crippen molar-refractivity contribution in [2.45, 2.75) is 39.0 Å². The lowest BCUT2D eigenvalue weighted by molar-refractivity contribution is -0.0378. The predicted octanol–water partition coefficient (Wildman–Crippen LogP) is 2.02. The first kappa shape index (κ1) is 12.7. The van der Waals surface area contributed by atoms with E-state index in [-0.39, 0.29) is 11.5 Å². The van der Waals surface area contributed by atoms with Crippen LogP contribution in [0.4, 0.5) is 4.79 Å². The summed E-state index contributed by atoms with van der Waals surface area (Å²) >= 11 is 0. The largest absolute Gasteiger partial charge is 0.450 e. The van der Waals surface area contributed by atoms with Gasteiger partial charge in [-0.25, -0.2) is 4.79 Å². The fourth-order valence-electron chi connectivity index (χ4n) is 3.22. The molecule has 2 fully saturated rings. The van der Waals surface area contributed by atoms with E-state index in [2.05, 4.69) is 0 Å². The highest BCUT2D eigenvalue weighted by Gasteiger charge is 2.44. The van der Waals surface area contributed by atoms with Gasteiger partial charge >= 0.3 is 6.09 Å². The summed E-state index contributed by atoms with van der Waals surface area (Å²) in [4.78, 5) is 13.4. The lowest BCUT2D eigenvalue weighted by atomic mass is 9.59. The molecule has 17 heavy (non-hydrogen) atoms. The van der Waals surface area contributed by atoms with Crippen LogP contribution in [0.15, 0.2) is 0 Å². The van der Waals surface area contributed by atoms with Crippen LogP contribution in [0.3, 0.4) is 0 Å². The summed E-state index contributed by atoms with van der Waals surface area (Å²) in [6.45, 7) is 4.16. The van der Waals surface area contributed by atoms with E-state index in [1.807, 2.05) is 6.92 Å². The molecule has 4 nitrogen and oxygen atoms in total. The van der Waals surface area contributed by atoms with Crippen LogP contribution in [0.2, 0.25) is 0 Å². The van der Waals surface area contributed by atoms with E-state index < -0.39 is 0 Å². The molecule has 0 radical (unpaired) electrons. The normalized spacial score (nSPS) is 24.2. The lowest BCUT2D eigenvalue weighted by Gasteiger charge is -2.49. The van der Waals surface area contributed by atoms with Crippen LogP contribution in [0.5, 0.6) is 0 Å². The van der Waals surface area contributed by atoms with Crippen molar-refractivity contribution in [2.24, 2.45) is 11.3 Å². The average Bonchev–Trinajstić information content (AvgIpc) is 2.29. The van der Waals surface area contributed by atoms with Crippen molar-refractivity contribution in [2.75, 3.05) is 26.3 Å². The van der Waals surface area contributed by atoms with Crippen molar-refractivity contribution in [1.82, 2.24) is 4.90 Å². The molecule has 0 aromatic rings. The second kappa shape index (κ2) is 5.25. The Balaban J connectivity index is 1.83. The summed E-state index contributed by atoms with van der Waals surface area (Å²) in [5.41, 5.74) is 0.181. The summed E-state index contributed by atoms with van der Waals surface area (Å²) < 4.78 is 5.01. The predicted molar refractivity (Wildman–Crippen MR) is 64.7 cm³/mol. The van der Waals surface area contributed by atoms with E-state index in [1.54, 1.807) is 4.90 Å². The van der Waals surface area contributed by atoms with Gasteiger partial charge in [-0.1, -0.05) is 6.42 Å². The van der Waals surface area contributed by atoms with Gasteiger partial charge in [0.15, 0.2) is 0 Å². The van der Waals surface area contributed by atoms with E-state index in [9.17, 15) is 9.90 Å². The Kier molecular flexibility index (Phi) is 3.92. The van der Waals surface area contributed by atoms with E-state index in [0.29, 0.717) is 19.1 Å². The fraction of sp³-hybridized carbons (Fsp3) is 0.923. The third kappa shape index (κ3) is 2.41. The van der Waals surface area contributed by atoms with Crippen LogP contribution < -0.4 is 0 Å². The summed E-state index contributed by atoms with van der Waals surface area (Å²) in [6.07, 6.45) is 5.41. The summed E-state index contributed by atoms with van der Waals surface area (Å²) in [6, 6.07) is 0. The highest BCUT2D eigenvalue weighted by Crippen LogP contribution is 2.50. The Hall–Kier alpha value is -0.770. The SMILES string of the molecule is CCOC(=O)N1CCC(C2(CO)CCC2)CC1. The summed E-state index contributed by atoms with van der Waals surface area (Å²) in [5, 5.41) is 9.54. The number of hydrogen-bond acceptors (Lipinski definition) is 3. The first-order valence-corrected chi connectivity index (χ1v) is 6.74. The second-order valence-electron chi connectivity index (χ2n) is 5.33. The maximum atomic E-state index is 11.6. The van der Waals surface area contributed by atoms with Crippen LogP contribution in [-0.2, 0) is 4.74 Å². The van der Waals surface area contributed by atoms with Gasteiger partial charge in [0.05, 0.1) is 6.61 Å². The third-order valence-electron chi connectivity index (χ3n) is 4.55. The number of rotatable bonds is 3. The molecule has 1 saturated heterocycles. The van der Waals surface area contributed by atoms with Crippen LogP contribution in [0.1, 0.15) is 39.0 Å². The quantitative estimate of drug-likeness (QED) is 0.822. The zero-order chi connectivity index (χ0) is 12.3. The van der Waals surface area contributed by atoms with Crippen LogP contribution in [-0.4, -0.2) is 42.4 Å². The number of piperidine rings is 1. The number of amides is 1. The molecule has 1 N–H and O–H groups in total. The van der Waals surface area contributed by atoms with Gasteiger partial charge in [0.2, 0.25) is 0 Å². The van der Waals surface area contributed by atoms with Gasteiger partial charge in [-0.2, -0.15) is 0 Å². The number of aliphatic hydroxyl groups is 1. The minimum Gasteiger partial charge on any atom is -0.450 e. The van der Waals surface area contributed by atoms with Crippen molar-refractivity contribution < 1.29 is 14.6 Å². The van der Waals surface area contributed by atoms with Gasteiger partial charge in [0.1, 0.15) is 0 Å². The number of carbonyl (C=O) groups is 1. The van der Waals surface area contributed by atoms with Crippen molar-refractivity contribution in [1.29, 1.82) is 0 Å². The molecule has 1 aliphatic heterocycles. The Bertz CT molecular complexity index is 262. The highest BCUT2D eigenvalue weighted by molar-refractivity contribution is 5.67. The number of likely N-dealkylation sites (tertiary alicyclic amines) is 1. The van der Waals surface area contributed by atoms with E-state index in [0.717, 1.165) is 38.8 Å². The Morgan fingerprint density at radius 3 is 2.47 bits per heavy atom. The number of nitrogens with zero attached hydrogens (tertiary/aromatic N) is 1. The third-order valence-corrected chi connectivity index (χ3v) is 4.55. The average molecular weight is 241 g/mol. The highest BCUT2D eigenvalue weighted by atomic mass is 16.6. The molecule has 0 bridgehead atoms. The number of ether oxygens (including phenoxy) is 1. The smallest absolute Gasteiger partial charge is 0.409 e. The first-order chi connectivity index (χ1) is 8.22. The van der Waals surface area contributed by atoms with Crippen LogP contribution in [0, 0.1) is 11.3 Å². The Labute approximate surface area is 103 Å². The molecule has 0 unspecified atom stereocenters. The number of aliphatic hydroxyl groups excluding tert-OH is 1. The first-order valence-electron chi connectivity index (χ1n) is 6.74. The number of hydrogen-bond donors (Lipinski definition) is 1. The fourth-order valence-corrected chi connectivity index (χ4v) is 3.22. The van der Waals surface area contributed by atoms with Crippen molar-refractivity contribution in [3.63, 3.8) is 0 Å². The maximum Gasteiger partial charge on any atom is 0.409 e. The van der Waals surface area contributed by atoms with E-state index >= 15 is 0 Å². The van der Waals surface area contributed by atoms with Gasteiger partial charge in [-0.05, 0) is 43.9 Å². The molecule has 2 aliphatic rings. The summed E-state index contributed by atoms with van der Waals surface area (Å²) in [7, 11) is 0. The van der Waals surface area contributed by atoms with Gasteiger partial charge in [-0.15, -0.1) is 0 Å². The molecule has 0 aromatic heterocycles. The zero-order valence-electron chi connectivity index (χ0n) is 10.7. The number of carbonyl (C=O) groups excluding carboxylic acids is 1. The molecular weight excluding hydrogens is 218 g/mol. The van der Waals surface area contributed by atoms with Gasteiger partial charge in [0.25, 0.3) is 0 Å². The molecule has 0 atom stereocenters. The molecule has 2 rings (SSSR count). The topological polar surface area (TPSA) is 49.8 Å². The van der Waals surface area contributed by atoms with Crippen molar-refractivity contribution in [3.8, 4) is 0 Å². The van der Waals surface area contributed by atoms with Crippen molar-refractivity contribution >= 4 is 6.09 Å². The van der Waals surface area contributed by atoms with Crippen LogP contribution >= 0.6 is 0 Å². The molecule has 0 spiro atoms. The standard InChI is InChI=1S/C13H23NO3/c1-2-17-12(16)14-8-4-11(5-9-14)13(10-15)6-3-7-13/h11,15H,2-10H2,1H3. The Morgan fingerprint density at radius 1 is 1.41 bits per heavy atom. The molecule has 1 amide bonds. The second-order valence-corrected chi connectivity index (χ2v) is 5.33. The van der Waals surface area contributed by atoms with E-state index in [1.165, 1.54) is 6.42 Å². The Morgan fingerprint density at radius 2 is 2.06 bits per heavy atom. The van der Waals surface area contributed by atoms with Gasteiger partial charge in [-0.3, -0.25) is 0 Å². The molecule has 1 heterocycles. The van der Waals surface area contributed by atoms with Gasteiger partial charge < -0.3 is 14.7 Å². The molecule has 1 saturated carbocycles. The molecule has 0 aromatic carbocycles. The molecular formula is C13H23NO3. The monoisotopic (exact) mass is 241 g/mol. The molecule has 98 valence electrons. The zero-order valence-corrected chi connectivity index (χ0v) is 10.7. The van der Waals surface area contributed by atoms with Crippen LogP contribution in [0.25, 0.3) is 0 Å². The minimum absolute atomic E-state index is 0.181. The molecule has 4 heteroatoms. The minimum atomic E-state index is -0.183.